The maximum atomic E-state index is 13.0. The fourth-order valence-corrected chi connectivity index (χ4v) is 5.01. The van der Waals surface area contributed by atoms with Gasteiger partial charge in [-0.1, -0.05) is 6.07 Å². The van der Waals surface area contributed by atoms with Crippen LogP contribution in [0.2, 0.25) is 0 Å². The number of carbonyl (C=O) groups excluding carboxylic acids is 1. The molecule has 1 N–H and O–H groups in total. The number of thioether (sulfide) groups is 1. The number of likely N-dealkylation sites (N-methyl/N-ethyl adjacent to an activating group) is 1. The van der Waals surface area contributed by atoms with Gasteiger partial charge in [0.25, 0.3) is 0 Å². The van der Waals surface area contributed by atoms with E-state index in [0.717, 1.165) is 34.2 Å². The van der Waals surface area contributed by atoms with Gasteiger partial charge < -0.3 is 19.5 Å². The van der Waals surface area contributed by atoms with E-state index in [2.05, 4.69) is 0 Å². The molecule has 0 heterocycles. The van der Waals surface area contributed by atoms with Gasteiger partial charge in [-0.25, -0.2) is 4.79 Å². The van der Waals surface area contributed by atoms with Gasteiger partial charge in [0.15, 0.2) is 11.5 Å². The number of carboxylic acid groups (broad SMARTS) is 1. The van der Waals surface area contributed by atoms with Crippen LogP contribution in [-0.4, -0.2) is 46.5 Å². The second-order valence-corrected chi connectivity index (χ2v) is 10.5. The molecular weight excluding hydrogens is 483 g/mol. The first-order valence-corrected chi connectivity index (χ1v) is 11.9. The molecule has 0 radical (unpaired) electrons. The van der Waals surface area contributed by atoms with Crippen molar-refractivity contribution in [1.82, 2.24) is 4.90 Å². The molecule has 1 aliphatic rings. The van der Waals surface area contributed by atoms with Crippen LogP contribution in [0.3, 0.4) is 0 Å². The van der Waals surface area contributed by atoms with Crippen molar-refractivity contribution in [2.24, 2.45) is 0 Å². The standard InChI is InChI=1S/C25H28F3NO5S/c1-5-29(23(32)34-20-11-8-17(25(26,27)28)14-21(20)33-4)18-9-6-16-13-19(10-7-15(16)12-18)35-24(2,3)22(30)31/h7-8,10-11,13-14,18H,5-6,9,12H2,1-4H3,(H,30,31). The highest BCUT2D eigenvalue weighted by molar-refractivity contribution is 8.01. The molecule has 190 valence electrons. The minimum Gasteiger partial charge on any atom is -0.493 e. The van der Waals surface area contributed by atoms with E-state index in [1.807, 2.05) is 25.1 Å². The zero-order chi connectivity index (χ0) is 26.0. The lowest BCUT2D eigenvalue weighted by Crippen LogP contribution is -2.44. The summed E-state index contributed by atoms with van der Waals surface area (Å²) >= 11 is 1.28. The van der Waals surface area contributed by atoms with Crippen LogP contribution in [-0.2, 0) is 23.8 Å². The Kier molecular flexibility index (Phi) is 7.93. The summed E-state index contributed by atoms with van der Waals surface area (Å²) in [5.41, 5.74) is 1.29. The number of nitrogens with zero attached hydrogens (tertiary/aromatic N) is 1. The SMILES string of the molecule is CCN(C(=O)Oc1ccc(C(F)(F)F)cc1OC)C1CCc2cc(SC(C)(C)C(=O)O)ccc2C1. The van der Waals surface area contributed by atoms with Gasteiger partial charge in [-0.2, -0.15) is 13.2 Å². The van der Waals surface area contributed by atoms with Crippen molar-refractivity contribution in [3.8, 4) is 11.5 Å². The minimum absolute atomic E-state index is 0.0807. The molecule has 0 fully saturated rings. The van der Waals surface area contributed by atoms with Crippen molar-refractivity contribution in [2.45, 2.75) is 61.9 Å². The second-order valence-electron chi connectivity index (χ2n) is 8.76. The molecule has 10 heteroatoms. The lowest BCUT2D eigenvalue weighted by molar-refractivity contribution is -0.139. The molecule has 2 aromatic rings. The number of ether oxygens (including phenoxy) is 2. The molecule has 0 saturated carbocycles. The number of aliphatic carboxylic acids is 1. The summed E-state index contributed by atoms with van der Waals surface area (Å²) in [6, 6.07) is 8.44. The summed E-state index contributed by atoms with van der Waals surface area (Å²) in [6.45, 7) is 5.49. The molecule has 1 atom stereocenters. The molecule has 6 nitrogen and oxygen atoms in total. The van der Waals surface area contributed by atoms with E-state index in [0.29, 0.717) is 25.8 Å². The van der Waals surface area contributed by atoms with E-state index >= 15 is 0 Å². The molecule has 0 spiro atoms. The molecule has 3 rings (SSSR count). The summed E-state index contributed by atoms with van der Waals surface area (Å²) < 4.78 is 48.5. The van der Waals surface area contributed by atoms with Crippen molar-refractivity contribution in [3.63, 3.8) is 0 Å². The molecule has 2 aromatic carbocycles. The molecule has 0 aliphatic heterocycles. The number of aryl methyl sites for hydroxylation is 1. The zero-order valence-electron chi connectivity index (χ0n) is 19.9. The largest absolute Gasteiger partial charge is 0.493 e. The third-order valence-electron chi connectivity index (χ3n) is 5.97. The van der Waals surface area contributed by atoms with Crippen LogP contribution in [0, 0.1) is 0 Å². The lowest BCUT2D eigenvalue weighted by Gasteiger charge is -2.34. The zero-order valence-corrected chi connectivity index (χ0v) is 20.8. The maximum Gasteiger partial charge on any atom is 0.416 e. The molecule has 0 aromatic heterocycles. The Balaban J connectivity index is 1.73. The van der Waals surface area contributed by atoms with E-state index in [4.69, 9.17) is 9.47 Å². The number of carbonyl (C=O) groups is 2. The molecule has 0 bridgehead atoms. The van der Waals surface area contributed by atoms with Gasteiger partial charge in [0, 0.05) is 17.5 Å². The number of fused-ring (bicyclic) bond motifs is 1. The van der Waals surface area contributed by atoms with Crippen molar-refractivity contribution in [1.29, 1.82) is 0 Å². The number of methoxy groups -OCH3 is 1. The number of benzene rings is 2. The number of amides is 1. The summed E-state index contributed by atoms with van der Waals surface area (Å²) in [7, 11) is 1.21. The fraction of sp³-hybridized carbons (Fsp3) is 0.440. The Labute approximate surface area is 206 Å². The van der Waals surface area contributed by atoms with E-state index in [9.17, 15) is 27.9 Å². The predicted molar refractivity (Wildman–Crippen MR) is 126 cm³/mol. The summed E-state index contributed by atoms with van der Waals surface area (Å²) in [5, 5.41) is 9.38. The Morgan fingerprint density at radius 3 is 2.43 bits per heavy atom. The Morgan fingerprint density at radius 1 is 1.11 bits per heavy atom. The average Bonchev–Trinajstić information content (AvgIpc) is 2.78. The fourth-order valence-electron chi connectivity index (χ4n) is 4.00. The van der Waals surface area contributed by atoms with Gasteiger partial charge in [-0.05, 0) is 81.5 Å². The summed E-state index contributed by atoms with van der Waals surface area (Å²) in [5.74, 6) is -1.14. The van der Waals surface area contributed by atoms with E-state index < -0.39 is 28.5 Å². The van der Waals surface area contributed by atoms with Crippen LogP contribution >= 0.6 is 11.8 Å². The number of hydrogen-bond acceptors (Lipinski definition) is 5. The second kappa shape index (κ2) is 10.4. The third kappa shape index (κ3) is 6.22. The predicted octanol–water partition coefficient (Wildman–Crippen LogP) is 6.05. The van der Waals surface area contributed by atoms with Crippen molar-refractivity contribution in [3.05, 3.63) is 53.1 Å². The first-order chi connectivity index (χ1) is 16.4. The third-order valence-corrected chi connectivity index (χ3v) is 7.15. The van der Waals surface area contributed by atoms with E-state index in [1.165, 1.54) is 18.9 Å². The van der Waals surface area contributed by atoms with Gasteiger partial charge in [-0.15, -0.1) is 11.8 Å². The van der Waals surface area contributed by atoms with Crippen LogP contribution in [0.4, 0.5) is 18.0 Å². The molecule has 35 heavy (non-hydrogen) atoms. The smallest absolute Gasteiger partial charge is 0.416 e. The van der Waals surface area contributed by atoms with E-state index in [1.54, 1.807) is 18.7 Å². The summed E-state index contributed by atoms with van der Waals surface area (Å²) in [6.07, 6.45) is -3.22. The number of carboxylic acids is 1. The topological polar surface area (TPSA) is 76.1 Å². The monoisotopic (exact) mass is 511 g/mol. The van der Waals surface area contributed by atoms with Gasteiger partial charge in [0.2, 0.25) is 0 Å². The molecule has 0 saturated heterocycles. The van der Waals surface area contributed by atoms with Crippen LogP contribution in [0.25, 0.3) is 0 Å². The highest BCUT2D eigenvalue weighted by atomic mass is 32.2. The van der Waals surface area contributed by atoms with Gasteiger partial charge in [0.1, 0.15) is 4.75 Å². The van der Waals surface area contributed by atoms with Crippen molar-refractivity contribution >= 4 is 23.8 Å². The highest BCUT2D eigenvalue weighted by Gasteiger charge is 2.33. The first-order valence-electron chi connectivity index (χ1n) is 11.1. The Morgan fingerprint density at radius 2 is 1.83 bits per heavy atom. The quantitative estimate of drug-likeness (QED) is 0.457. The van der Waals surface area contributed by atoms with Crippen LogP contribution in [0.15, 0.2) is 41.3 Å². The normalized spacial score (nSPS) is 15.8. The first kappa shape index (κ1) is 26.7. The van der Waals surface area contributed by atoms with Crippen molar-refractivity contribution < 1.29 is 37.3 Å². The number of hydrogen-bond donors (Lipinski definition) is 1. The van der Waals surface area contributed by atoms with Gasteiger partial charge in [-0.3, -0.25) is 4.79 Å². The van der Waals surface area contributed by atoms with Gasteiger partial charge >= 0.3 is 18.2 Å². The molecule has 1 amide bonds. The van der Waals surface area contributed by atoms with Crippen molar-refractivity contribution in [2.75, 3.05) is 13.7 Å². The highest BCUT2D eigenvalue weighted by Crippen LogP contribution is 2.38. The van der Waals surface area contributed by atoms with Gasteiger partial charge in [0.05, 0.1) is 12.7 Å². The number of halogens is 3. The number of alkyl halides is 3. The average molecular weight is 512 g/mol. The Bertz CT molecular complexity index is 1100. The molecular formula is C25H28F3NO5S. The van der Waals surface area contributed by atoms with Crippen LogP contribution < -0.4 is 9.47 Å². The molecule has 1 unspecified atom stereocenters. The maximum absolute atomic E-state index is 13.0. The van der Waals surface area contributed by atoms with Crippen LogP contribution in [0.5, 0.6) is 11.5 Å². The lowest BCUT2D eigenvalue weighted by atomic mass is 9.87. The molecule has 1 aliphatic carbocycles. The summed E-state index contributed by atoms with van der Waals surface area (Å²) in [4.78, 5) is 26.8. The minimum atomic E-state index is -4.54. The van der Waals surface area contributed by atoms with Crippen LogP contribution in [0.1, 0.15) is 43.9 Å². The number of rotatable bonds is 7. The van der Waals surface area contributed by atoms with E-state index in [-0.39, 0.29) is 17.5 Å². The Hall–Kier alpha value is -2.88.